The third-order valence-corrected chi connectivity index (χ3v) is 5.26. The molecule has 0 aromatic heterocycles. The Bertz CT molecular complexity index is 511. The second-order valence-electron chi connectivity index (χ2n) is 7.05. The molecule has 1 saturated heterocycles. The predicted octanol–water partition coefficient (Wildman–Crippen LogP) is 2.99. The Kier molecular flexibility index (Phi) is 7.53. The highest BCUT2D eigenvalue weighted by atomic mass is 35.5. The highest BCUT2D eigenvalue weighted by Gasteiger charge is 2.31. The molecule has 1 amide bonds. The van der Waals surface area contributed by atoms with Crippen LogP contribution in [-0.4, -0.2) is 36.5 Å². The number of nitrogens with zero attached hydrogens (tertiary/aromatic N) is 1. The van der Waals surface area contributed by atoms with Gasteiger partial charge in [0, 0.05) is 31.5 Å². The number of hydrogen-bond donors (Lipinski definition) is 1. The monoisotopic (exact) mass is 352 g/mol. The molecular weight excluding hydrogens is 324 g/mol. The van der Waals surface area contributed by atoms with Crippen molar-refractivity contribution >= 4 is 18.3 Å². The van der Waals surface area contributed by atoms with Crippen LogP contribution in [0, 0.1) is 11.8 Å². The van der Waals surface area contributed by atoms with Crippen LogP contribution >= 0.6 is 12.4 Å². The Morgan fingerprint density at radius 3 is 2.71 bits per heavy atom. The summed E-state index contributed by atoms with van der Waals surface area (Å²) in [7, 11) is 0. The maximum Gasteiger partial charge on any atom is 0.222 e. The summed E-state index contributed by atoms with van der Waals surface area (Å²) in [5.74, 6) is 1.16. The molecule has 3 rings (SSSR count). The number of carbonyl (C=O) groups excluding carboxylic acids is 1. The quantitative estimate of drug-likeness (QED) is 0.856. The predicted molar refractivity (Wildman–Crippen MR) is 98.0 cm³/mol. The molecule has 5 heteroatoms. The zero-order valence-corrected chi connectivity index (χ0v) is 15.0. The van der Waals surface area contributed by atoms with Crippen LogP contribution in [0.3, 0.4) is 0 Å². The summed E-state index contributed by atoms with van der Waals surface area (Å²) < 4.78 is 5.82. The lowest BCUT2D eigenvalue weighted by Gasteiger charge is -2.21. The molecule has 2 aliphatic rings. The first-order valence-corrected chi connectivity index (χ1v) is 8.87. The first-order chi connectivity index (χ1) is 11.2. The number of carbonyl (C=O) groups is 1. The average molecular weight is 353 g/mol. The van der Waals surface area contributed by atoms with Gasteiger partial charge in [-0.1, -0.05) is 36.8 Å². The van der Waals surface area contributed by atoms with Gasteiger partial charge < -0.3 is 15.4 Å². The lowest BCUT2D eigenvalue weighted by Crippen LogP contribution is -2.34. The van der Waals surface area contributed by atoms with Crippen molar-refractivity contribution < 1.29 is 9.53 Å². The van der Waals surface area contributed by atoms with Gasteiger partial charge in [-0.15, -0.1) is 12.4 Å². The largest absolute Gasteiger partial charge is 0.376 e. The van der Waals surface area contributed by atoms with Crippen molar-refractivity contribution in [3.8, 4) is 0 Å². The molecule has 24 heavy (non-hydrogen) atoms. The molecule has 1 aliphatic heterocycles. The van der Waals surface area contributed by atoms with E-state index in [0.29, 0.717) is 24.9 Å². The summed E-state index contributed by atoms with van der Waals surface area (Å²) in [5.41, 5.74) is 7.29. The SMILES string of the molecule is Cl.N[C@@H]1CCC[C@H]1CC(=O)N1CCC(COCc2ccccc2)C1. The molecule has 0 spiro atoms. The van der Waals surface area contributed by atoms with Crippen LogP contribution in [0.15, 0.2) is 30.3 Å². The standard InChI is InChI=1S/C19H28N2O2.ClH/c20-18-8-4-7-17(18)11-19(22)21-10-9-16(12-21)14-23-13-15-5-2-1-3-6-15;/h1-3,5-6,16-18H,4,7-14,20H2;1H/t16?,17-,18+;/m0./s1. The molecule has 1 unspecified atom stereocenters. The van der Waals surface area contributed by atoms with E-state index in [0.717, 1.165) is 39.0 Å². The smallest absolute Gasteiger partial charge is 0.222 e. The molecule has 2 fully saturated rings. The van der Waals surface area contributed by atoms with E-state index in [2.05, 4.69) is 12.1 Å². The molecule has 2 N–H and O–H groups in total. The van der Waals surface area contributed by atoms with Gasteiger partial charge in [-0.25, -0.2) is 0 Å². The minimum absolute atomic E-state index is 0. The summed E-state index contributed by atoms with van der Waals surface area (Å²) in [5, 5.41) is 0. The lowest BCUT2D eigenvalue weighted by molar-refractivity contribution is -0.131. The summed E-state index contributed by atoms with van der Waals surface area (Å²) in [4.78, 5) is 14.4. The summed E-state index contributed by atoms with van der Waals surface area (Å²) in [6.45, 7) is 3.11. The van der Waals surface area contributed by atoms with Crippen molar-refractivity contribution in [1.82, 2.24) is 4.90 Å². The molecule has 1 aromatic carbocycles. The zero-order valence-electron chi connectivity index (χ0n) is 14.2. The second kappa shape index (κ2) is 9.40. The molecule has 3 atom stereocenters. The third-order valence-electron chi connectivity index (χ3n) is 5.26. The van der Waals surface area contributed by atoms with Crippen molar-refractivity contribution in [2.75, 3.05) is 19.7 Å². The van der Waals surface area contributed by atoms with Crippen LogP contribution in [0.25, 0.3) is 0 Å². The highest BCUT2D eigenvalue weighted by Crippen LogP contribution is 2.28. The molecular formula is C19H29ClN2O2. The van der Waals surface area contributed by atoms with Crippen LogP contribution in [0.1, 0.15) is 37.7 Å². The van der Waals surface area contributed by atoms with Gasteiger partial charge in [0.2, 0.25) is 5.91 Å². The highest BCUT2D eigenvalue weighted by molar-refractivity contribution is 5.85. The number of amides is 1. The number of hydrogen-bond acceptors (Lipinski definition) is 3. The Labute approximate surface area is 151 Å². The maximum absolute atomic E-state index is 12.4. The van der Waals surface area contributed by atoms with Crippen molar-refractivity contribution in [2.24, 2.45) is 17.6 Å². The van der Waals surface area contributed by atoms with Gasteiger partial charge in [-0.2, -0.15) is 0 Å². The van der Waals surface area contributed by atoms with E-state index in [1.165, 1.54) is 12.0 Å². The number of nitrogens with two attached hydrogens (primary N) is 1. The molecule has 1 saturated carbocycles. The number of benzene rings is 1. The van der Waals surface area contributed by atoms with Gasteiger partial charge in [-0.3, -0.25) is 4.79 Å². The van der Waals surface area contributed by atoms with E-state index >= 15 is 0 Å². The average Bonchev–Trinajstić information content (AvgIpc) is 3.18. The topological polar surface area (TPSA) is 55.6 Å². The number of ether oxygens (including phenoxy) is 1. The van der Waals surface area contributed by atoms with Gasteiger partial charge >= 0.3 is 0 Å². The van der Waals surface area contributed by atoms with Crippen molar-refractivity contribution in [3.05, 3.63) is 35.9 Å². The van der Waals surface area contributed by atoms with Crippen molar-refractivity contribution in [3.63, 3.8) is 0 Å². The first-order valence-electron chi connectivity index (χ1n) is 8.87. The minimum atomic E-state index is 0. The maximum atomic E-state index is 12.4. The van der Waals surface area contributed by atoms with E-state index in [1.54, 1.807) is 0 Å². The van der Waals surface area contributed by atoms with E-state index in [4.69, 9.17) is 10.5 Å². The Hall–Kier alpha value is -1.10. The Morgan fingerprint density at radius 1 is 1.21 bits per heavy atom. The fraction of sp³-hybridized carbons (Fsp3) is 0.632. The molecule has 4 nitrogen and oxygen atoms in total. The van der Waals surface area contributed by atoms with Crippen molar-refractivity contribution in [1.29, 1.82) is 0 Å². The van der Waals surface area contributed by atoms with Gasteiger partial charge in [0.15, 0.2) is 0 Å². The molecule has 0 bridgehead atoms. The van der Waals surface area contributed by atoms with E-state index < -0.39 is 0 Å². The van der Waals surface area contributed by atoms with E-state index in [1.807, 2.05) is 23.1 Å². The Balaban J connectivity index is 0.00000208. The third kappa shape index (κ3) is 5.20. The lowest BCUT2D eigenvalue weighted by atomic mass is 9.99. The zero-order chi connectivity index (χ0) is 16.1. The van der Waals surface area contributed by atoms with Crippen LogP contribution in [0.5, 0.6) is 0 Å². The van der Waals surface area contributed by atoms with Gasteiger partial charge in [0.05, 0.1) is 13.2 Å². The fourth-order valence-electron chi connectivity index (χ4n) is 3.79. The van der Waals surface area contributed by atoms with E-state index in [-0.39, 0.29) is 24.4 Å². The summed E-state index contributed by atoms with van der Waals surface area (Å²) in [6, 6.07) is 10.5. The number of halogens is 1. The molecule has 0 radical (unpaired) electrons. The van der Waals surface area contributed by atoms with Crippen molar-refractivity contribution in [2.45, 2.75) is 44.8 Å². The normalized spacial score (nSPS) is 26.4. The van der Waals surface area contributed by atoms with Crippen LogP contribution in [0.2, 0.25) is 0 Å². The summed E-state index contributed by atoms with van der Waals surface area (Å²) in [6.07, 6.45) is 5.06. The fourth-order valence-corrected chi connectivity index (χ4v) is 3.79. The van der Waals surface area contributed by atoms with Crippen LogP contribution in [0.4, 0.5) is 0 Å². The van der Waals surface area contributed by atoms with Crippen LogP contribution < -0.4 is 5.73 Å². The molecule has 1 aliphatic carbocycles. The first kappa shape index (κ1) is 19.2. The summed E-state index contributed by atoms with van der Waals surface area (Å²) >= 11 is 0. The van der Waals surface area contributed by atoms with Gasteiger partial charge in [0.1, 0.15) is 0 Å². The second-order valence-corrected chi connectivity index (χ2v) is 7.05. The van der Waals surface area contributed by atoms with Gasteiger partial charge in [-0.05, 0) is 30.7 Å². The molecule has 1 heterocycles. The van der Waals surface area contributed by atoms with E-state index in [9.17, 15) is 4.79 Å². The Morgan fingerprint density at radius 2 is 2.00 bits per heavy atom. The molecule has 1 aromatic rings. The van der Waals surface area contributed by atoms with Gasteiger partial charge in [0.25, 0.3) is 0 Å². The minimum Gasteiger partial charge on any atom is -0.376 e. The van der Waals surface area contributed by atoms with Crippen LogP contribution in [-0.2, 0) is 16.1 Å². The molecule has 134 valence electrons. The number of rotatable bonds is 6. The number of likely N-dealkylation sites (tertiary alicyclic amines) is 1.